The van der Waals surface area contributed by atoms with Crippen molar-refractivity contribution in [1.29, 1.82) is 0 Å². The second-order valence-electron chi connectivity index (χ2n) is 4.57. The molecule has 0 saturated heterocycles. The van der Waals surface area contributed by atoms with Gasteiger partial charge in [0.15, 0.2) is 11.6 Å². The minimum atomic E-state index is -4.88. The van der Waals surface area contributed by atoms with Crippen molar-refractivity contribution < 1.29 is 32.6 Å². The van der Waals surface area contributed by atoms with E-state index in [1.807, 2.05) is 0 Å². The van der Waals surface area contributed by atoms with Gasteiger partial charge in [-0.25, -0.2) is 14.3 Å². The number of halogens is 5. The first kappa shape index (κ1) is 17.4. The molecule has 0 aliphatic carbocycles. The lowest BCUT2D eigenvalue weighted by atomic mass is 10.2. The topological polar surface area (TPSA) is 76.9 Å². The van der Waals surface area contributed by atoms with Crippen LogP contribution in [0.25, 0.3) is 0 Å². The molecule has 1 aromatic rings. The zero-order valence-electron chi connectivity index (χ0n) is 11.5. The third-order valence-electron chi connectivity index (χ3n) is 3.11. The van der Waals surface area contributed by atoms with Crippen LogP contribution in [0, 0.1) is 5.82 Å². The van der Waals surface area contributed by atoms with Crippen LogP contribution >= 0.6 is 11.6 Å². The van der Waals surface area contributed by atoms with Gasteiger partial charge in [0.2, 0.25) is 6.35 Å². The van der Waals surface area contributed by atoms with E-state index in [1.54, 1.807) is 0 Å². The first-order chi connectivity index (χ1) is 10.6. The Morgan fingerprint density at radius 3 is 2.57 bits per heavy atom. The molecule has 1 unspecified atom stereocenters. The molecule has 0 fully saturated rings. The number of hydrogen-bond donors (Lipinski definition) is 2. The number of pyridine rings is 1. The number of nitrogens with zero attached hydrogens (tertiary/aromatic N) is 3. The van der Waals surface area contributed by atoms with Crippen molar-refractivity contribution in [2.45, 2.75) is 19.1 Å². The molecular weight excluding hydrogens is 346 g/mol. The van der Waals surface area contributed by atoms with Crippen molar-refractivity contribution in [3.05, 3.63) is 34.4 Å². The van der Waals surface area contributed by atoms with Crippen molar-refractivity contribution >= 4 is 23.3 Å². The Hall–Kier alpha value is -1.91. The maximum absolute atomic E-state index is 14.0. The summed E-state index contributed by atoms with van der Waals surface area (Å²) < 4.78 is 52.3. The molecule has 1 aliphatic rings. The lowest BCUT2D eigenvalue weighted by Gasteiger charge is -2.39. The molecular formula is C12H10ClF4N3O3. The van der Waals surface area contributed by atoms with Crippen LogP contribution < -0.4 is 4.90 Å². The fraction of sp³-hybridized carbons (Fsp3) is 0.333. The Morgan fingerprint density at radius 1 is 1.43 bits per heavy atom. The predicted octanol–water partition coefficient (Wildman–Crippen LogP) is 1.37. The summed E-state index contributed by atoms with van der Waals surface area (Å²) in [5.41, 5.74) is -1.58. The molecule has 0 radical (unpaired) electrons. The van der Waals surface area contributed by atoms with Gasteiger partial charge in [-0.1, -0.05) is 11.6 Å². The molecule has 126 valence electrons. The molecule has 0 aromatic carbocycles. The zero-order valence-corrected chi connectivity index (χ0v) is 12.2. The van der Waals surface area contributed by atoms with Crippen molar-refractivity contribution in [2.75, 3.05) is 11.9 Å². The number of alkyl halides is 3. The van der Waals surface area contributed by atoms with Crippen LogP contribution in [0.15, 0.2) is 17.8 Å². The van der Waals surface area contributed by atoms with E-state index >= 15 is 0 Å². The normalized spacial score (nSPS) is 19.2. The maximum Gasteiger partial charge on any atom is 0.431 e. The van der Waals surface area contributed by atoms with Crippen LogP contribution in [-0.4, -0.2) is 45.6 Å². The van der Waals surface area contributed by atoms with Gasteiger partial charge >= 0.3 is 6.18 Å². The van der Waals surface area contributed by atoms with E-state index in [0.29, 0.717) is 9.80 Å². The first-order valence-electron chi connectivity index (χ1n) is 6.06. The smallest absolute Gasteiger partial charge is 0.390 e. The molecule has 1 atom stereocenters. The van der Waals surface area contributed by atoms with E-state index in [-0.39, 0.29) is 16.8 Å². The molecule has 0 spiro atoms. The minimum absolute atomic E-state index is 0.198. The van der Waals surface area contributed by atoms with Gasteiger partial charge in [0, 0.05) is 13.1 Å². The van der Waals surface area contributed by atoms with Crippen LogP contribution in [0.4, 0.5) is 23.4 Å². The van der Waals surface area contributed by atoms with Gasteiger partial charge in [-0.15, -0.1) is 0 Å². The number of aliphatic hydroxyl groups is 2. The quantitative estimate of drug-likeness (QED) is 0.784. The zero-order chi connectivity index (χ0) is 17.5. The van der Waals surface area contributed by atoms with Gasteiger partial charge in [-0.3, -0.25) is 4.79 Å². The number of hydrogen-bond acceptors (Lipinski definition) is 5. The van der Waals surface area contributed by atoms with Gasteiger partial charge in [-0.05, 0) is 6.07 Å². The summed E-state index contributed by atoms with van der Waals surface area (Å²) in [7, 11) is 0.879. The molecule has 11 heteroatoms. The van der Waals surface area contributed by atoms with Crippen LogP contribution in [-0.2, 0) is 11.4 Å². The summed E-state index contributed by atoms with van der Waals surface area (Å²) in [4.78, 5) is 16.2. The monoisotopic (exact) mass is 355 g/mol. The summed E-state index contributed by atoms with van der Waals surface area (Å²) in [6, 6.07) is 0.735. The lowest BCUT2D eigenvalue weighted by molar-refractivity contribution is -0.138. The number of amides is 1. The summed E-state index contributed by atoms with van der Waals surface area (Å²) in [6.07, 6.45) is -6.81. The van der Waals surface area contributed by atoms with Crippen molar-refractivity contribution in [1.82, 2.24) is 9.88 Å². The molecule has 1 aliphatic heterocycles. The Labute approximate surface area is 132 Å². The summed E-state index contributed by atoms with van der Waals surface area (Å²) in [5.74, 6) is -3.21. The third kappa shape index (κ3) is 3.09. The first-order valence-corrected chi connectivity index (χ1v) is 6.44. The van der Waals surface area contributed by atoms with E-state index in [9.17, 15) is 27.5 Å². The van der Waals surface area contributed by atoms with Gasteiger partial charge in [0.25, 0.3) is 5.91 Å². The largest absolute Gasteiger partial charge is 0.431 e. The number of rotatable bonds is 2. The Bertz CT molecular complexity index is 680. The highest BCUT2D eigenvalue weighted by Gasteiger charge is 2.45. The summed E-state index contributed by atoms with van der Waals surface area (Å²) in [6.45, 7) is -0.691. The van der Waals surface area contributed by atoms with Gasteiger partial charge in [-0.2, -0.15) is 13.2 Å². The number of aromatic nitrogens is 1. The Balaban J connectivity index is 2.54. The molecule has 0 bridgehead atoms. The third-order valence-corrected chi connectivity index (χ3v) is 3.43. The van der Waals surface area contributed by atoms with Gasteiger partial charge < -0.3 is 15.1 Å². The minimum Gasteiger partial charge on any atom is -0.390 e. The fourth-order valence-electron chi connectivity index (χ4n) is 1.97. The Morgan fingerprint density at radius 2 is 2.04 bits per heavy atom. The van der Waals surface area contributed by atoms with E-state index in [2.05, 4.69) is 4.98 Å². The van der Waals surface area contributed by atoms with Gasteiger partial charge in [0.1, 0.15) is 5.70 Å². The van der Waals surface area contributed by atoms with Gasteiger partial charge in [0.05, 0.1) is 17.3 Å². The van der Waals surface area contributed by atoms with E-state index in [4.69, 9.17) is 16.7 Å². The summed E-state index contributed by atoms with van der Waals surface area (Å²) in [5, 5.41) is 18.8. The van der Waals surface area contributed by atoms with Crippen LogP contribution in [0.5, 0.6) is 0 Å². The fourth-order valence-corrected chi connectivity index (χ4v) is 2.17. The second kappa shape index (κ2) is 5.95. The number of anilines is 1. The molecule has 2 rings (SSSR count). The number of carbonyl (C=O) groups is 1. The van der Waals surface area contributed by atoms with Crippen LogP contribution in [0.2, 0.25) is 5.02 Å². The highest BCUT2D eigenvalue weighted by Crippen LogP contribution is 2.34. The number of allylic oxidation sites excluding steroid dienone is 1. The maximum atomic E-state index is 14.0. The SMILES string of the molecule is CN1C(C(F)(F)F)=CC(=O)N(c2nc(CO)c(Cl)cc2F)C1O. The highest BCUT2D eigenvalue weighted by molar-refractivity contribution is 6.31. The van der Waals surface area contributed by atoms with Crippen LogP contribution in [0.1, 0.15) is 5.69 Å². The van der Waals surface area contributed by atoms with E-state index in [1.165, 1.54) is 0 Å². The van der Waals surface area contributed by atoms with Crippen molar-refractivity contribution in [3.8, 4) is 0 Å². The lowest BCUT2D eigenvalue weighted by Crippen LogP contribution is -2.55. The summed E-state index contributed by atoms with van der Waals surface area (Å²) >= 11 is 5.63. The predicted molar refractivity (Wildman–Crippen MR) is 70.5 cm³/mol. The average Bonchev–Trinajstić information content (AvgIpc) is 2.44. The average molecular weight is 356 g/mol. The number of carbonyl (C=O) groups excluding carboxylic acids is 1. The molecule has 0 saturated carbocycles. The Kier molecular flexibility index (Phi) is 4.51. The van der Waals surface area contributed by atoms with Crippen LogP contribution in [0.3, 0.4) is 0 Å². The van der Waals surface area contributed by atoms with E-state index < -0.39 is 42.4 Å². The molecule has 23 heavy (non-hydrogen) atoms. The molecule has 1 aromatic heterocycles. The van der Waals surface area contributed by atoms with Crippen molar-refractivity contribution in [3.63, 3.8) is 0 Å². The van der Waals surface area contributed by atoms with Crippen molar-refractivity contribution in [2.24, 2.45) is 0 Å². The highest BCUT2D eigenvalue weighted by atomic mass is 35.5. The molecule has 1 amide bonds. The molecule has 2 heterocycles. The second-order valence-corrected chi connectivity index (χ2v) is 4.98. The standard InChI is InChI=1S/C12H10ClF4N3O3/c1-19-8(12(15,16)17)3-9(22)20(11(19)23)10-6(14)2-5(13)7(4-21)18-10/h2-3,11,21,23H,4H2,1H3. The van der Waals surface area contributed by atoms with E-state index in [0.717, 1.165) is 13.1 Å². The molecule has 6 nitrogen and oxygen atoms in total. The molecule has 2 N–H and O–H groups in total. The number of aliphatic hydroxyl groups excluding tert-OH is 2.